The van der Waals surface area contributed by atoms with Gasteiger partial charge in [-0.2, -0.15) is 0 Å². The minimum absolute atomic E-state index is 0.344. The van der Waals surface area contributed by atoms with Gasteiger partial charge in [0, 0.05) is 5.38 Å². The zero-order valence-corrected chi connectivity index (χ0v) is 14.0. The number of carbonyl (C=O) groups is 1. The van der Waals surface area contributed by atoms with Crippen LogP contribution in [0.15, 0.2) is 10.9 Å². The summed E-state index contributed by atoms with van der Waals surface area (Å²) in [5.41, 5.74) is 3.59. The molecule has 0 amide bonds. The van der Waals surface area contributed by atoms with Crippen LogP contribution >= 0.6 is 22.7 Å². The number of carbonyl (C=O) groups excluding carboxylic acids is 1. The Labute approximate surface area is 135 Å². The maximum Gasteiger partial charge on any atom is 0.348 e. The summed E-state index contributed by atoms with van der Waals surface area (Å²) in [6, 6.07) is 0. The molecule has 0 aliphatic carbocycles. The molecule has 8 heteroatoms. The summed E-state index contributed by atoms with van der Waals surface area (Å²) in [4.78, 5) is 26.3. The molecule has 0 saturated heterocycles. The lowest BCUT2D eigenvalue weighted by atomic mass is 10.2. The Morgan fingerprint density at radius 3 is 2.86 bits per heavy atom. The standard InChI is InChI=1S/C14H14N4O2S2/c1-7-10-12(15-4-9-5-21-6-16-9)17-8(2)18-13(10)22-11(7)14(19)20-3/h5-6H,4H2,1-3H3,(H,15,17,18). The Morgan fingerprint density at radius 1 is 1.36 bits per heavy atom. The number of nitrogens with zero attached hydrogens (tertiary/aromatic N) is 3. The van der Waals surface area contributed by atoms with E-state index in [4.69, 9.17) is 4.74 Å². The SMILES string of the molecule is COC(=O)c1sc2nc(C)nc(NCc3cscn3)c2c1C. The van der Waals surface area contributed by atoms with Crippen LogP contribution in [0, 0.1) is 13.8 Å². The molecule has 22 heavy (non-hydrogen) atoms. The fraction of sp³-hybridized carbons (Fsp3) is 0.286. The predicted octanol–water partition coefficient (Wildman–Crippen LogP) is 3.16. The Balaban J connectivity index is 2.04. The van der Waals surface area contributed by atoms with Crippen LogP contribution in [0.4, 0.5) is 5.82 Å². The molecular weight excluding hydrogens is 320 g/mol. The van der Waals surface area contributed by atoms with E-state index in [2.05, 4.69) is 20.3 Å². The van der Waals surface area contributed by atoms with Gasteiger partial charge in [0.05, 0.1) is 30.2 Å². The Morgan fingerprint density at radius 2 is 2.18 bits per heavy atom. The molecule has 0 saturated carbocycles. The first-order valence-electron chi connectivity index (χ1n) is 6.57. The van der Waals surface area contributed by atoms with Crippen molar-refractivity contribution in [1.82, 2.24) is 15.0 Å². The molecule has 3 aromatic rings. The fourth-order valence-electron chi connectivity index (χ4n) is 2.16. The average molecular weight is 334 g/mol. The zero-order valence-electron chi connectivity index (χ0n) is 12.3. The van der Waals surface area contributed by atoms with Crippen molar-refractivity contribution in [2.75, 3.05) is 12.4 Å². The summed E-state index contributed by atoms with van der Waals surface area (Å²) in [5.74, 6) is 1.04. The van der Waals surface area contributed by atoms with Gasteiger partial charge in [-0.3, -0.25) is 0 Å². The number of nitrogens with one attached hydrogen (secondary N) is 1. The largest absolute Gasteiger partial charge is 0.465 e. The number of esters is 1. The van der Waals surface area contributed by atoms with Gasteiger partial charge in [-0.05, 0) is 19.4 Å². The maximum atomic E-state index is 11.9. The van der Waals surface area contributed by atoms with Crippen molar-refractivity contribution in [2.24, 2.45) is 0 Å². The van der Waals surface area contributed by atoms with Crippen molar-refractivity contribution in [1.29, 1.82) is 0 Å². The highest BCUT2D eigenvalue weighted by atomic mass is 32.1. The Hall–Kier alpha value is -2.06. The monoisotopic (exact) mass is 334 g/mol. The summed E-state index contributed by atoms with van der Waals surface area (Å²) < 4.78 is 4.83. The first-order chi connectivity index (χ1) is 10.6. The van der Waals surface area contributed by atoms with Crippen LogP contribution in [0.5, 0.6) is 0 Å². The number of aromatic nitrogens is 3. The van der Waals surface area contributed by atoms with Crippen molar-refractivity contribution >= 4 is 44.7 Å². The molecule has 114 valence electrons. The second-order valence-corrected chi connectivity index (χ2v) is 6.40. The number of ether oxygens (including phenoxy) is 1. The van der Waals surface area contributed by atoms with Crippen molar-refractivity contribution in [2.45, 2.75) is 20.4 Å². The second-order valence-electron chi connectivity index (χ2n) is 4.68. The minimum Gasteiger partial charge on any atom is -0.465 e. The third-order valence-electron chi connectivity index (χ3n) is 3.19. The van der Waals surface area contributed by atoms with Crippen LogP contribution in [0.25, 0.3) is 10.2 Å². The lowest BCUT2D eigenvalue weighted by Gasteiger charge is -2.07. The summed E-state index contributed by atoms with van der Waals surface area (Å²) in [6.45, 7) is 4.30. The molecule has 0 atom stereocenters. The van der Waals surface area contributed by atoms with Crippen LogP contribution in [0.2, 0.25) is 0 Å². The quantitative estimate of drug-likeness (QED) is 0.739. The van der Waals surface area contributed by atoms with Gasteiger partial charge in [0.25, 0.3) is 0 Å². The molecule has 0 aliphatic heterocycles. The molecule has 3 heterocycles. The van der Waals surface area contributed by atoms with Crippen molar-refractivity contribution in [3.05, 3.63) is 32.8 Å². The van der Waals surface area contributed by atoms with Gasteiger partial charge in [-0.1, -0.05) is 0 Å². The molecule has 3 rings (SSSR count). The number of methoxy groups -OCH3 is 1. The summed E-state index contributed by atoms with van der Waals surface area (Å²) in [7, 11) is 1.38. The average Bonchev–Trinajstić information content (AvgIpc) is 3.12. The number of rotatable bonds is 4. The number of fused-ring (bicyclic) bond motifs is 1. The highest BCUT2D eigenvalue weighted by Gasteiger charge is 2.20. The predicted molar refractivity (Wildman–Crippen MR) is 87.7 cm³/mol. The first kappa shape index (κ1) is 14.9. The minimum atomic E-state index is -0.344. The molecule has 0 fully saturated rings. The van der Waals surface area contributed by atoms with Crippen LogP contribution < -0.4 is 5.32 Å². The van der Waals surface area contributed by atoms with Crippen LogP contribution in [0.3, 0.4) is 0 Å². The molecule has 0 spiro atoms. The number of anilines is 1. The smallest absolute Gasteiger partial charge is 0.348 e. The van der Waals surface area contributed by atoms with E-state index < -0.39 is 0 Å². The number of aryl methyl sites for hydroxylation is 2. The van der Waals surface area contributed by atoms with E-state index >= 15 is 0 Å². The van der Waals surface area contributed by atoms with Gasteiger partial charge in [0.15, 0.2) is 0 Å². The van der Waals surface area contributed by atoms with E-state index in [0.717, 1.165) is 27.3 Å². The summed E-state index contributed by atoms with van der Waals surface area (Å²) in [6.07, 6.45) is 0. The van der Waals surface area contributed by atoms with Crippen LogP contribution in [0.1, 0.15) is 26.8 Å². The maximum absolute atomic E-state index is 11.9. The summed E-state index contributed by atoms with van der Waals surface area (Å²) in [5, 5.41) is 6.14. The van der Waals surface area contributed by atoms with E-state index in [1.54, 1.807) is 16.8 Å². The van der Waals surface area contributed by atoms with E-state index in [0.29, 0.717) is 17.2 Å². The molecule has 6 nitrogen and oxygen atoms in total. The van der Waals surface area contributed by atoms with Gasteiger partial charge in [-0.25, -0.2) is 19.7 Å². The van der Waals surface area contributed by atoms with E-state index in [-0.39, 0.29) is 5.97 Å². The van der Waals surface area contributed by atoms with Crippen LogP contribution in [-0.2, 0) is 11.3 Å². The molecule has 3 aromatic heterocycles. The lowest BCUT2D eigenvalue weighted by molar-refractivity contribution is 0.0605. The van der Waals surface area contributed by atoms with E-state index in [1.165, 1.54) is 18.4 Å². The zero-order chi connectivity index (χ0) is 15.7. The fourth-order valence-corrected chi connectivity index (χ4v) is 3.86. The molecule has 0 bridgehead atoms. The van der Waals surface area contributed by atoms with Gasteiger partial charge in [0.1, 0.15) is 21.3 Å². The molecule has 1 N–H and O–H groups in total. The molecule has 0 aromatic carbocycles. The van der Waals surface area contributed by atoms with Crippen molar-refractivity contribution in [3.8, 4) is 0 Å². The molecule has 0 radical (unpaired) electrons. The van der Waals surface area contributed by atoms with Crippen LogP contribution in [-0.4, -0.2) is 28.0 Å². The number of hydrogen-bond acceptors (Lipinski definition) is 8. The highest BCUT2D eigenvalue weighted by Crippen LogP contribution is 2.34. The van der Waals surface area contributed by atoms with E-state index in [9.17, 15) is 4.79 Å². The van der Waals surface area contributed by atoms with Gasteiger partial charge >= 0.3 is 5.97 Å². The molecular formula is C14H14N4O2S2. The van der Waals surface area contributed by atoms with Gasteiger partial charge in [0.2, 0.25) is 0 Å². The third kappa shape index (κ3) is 2.67. The second kappa shape index (κ2) is 5.98. The van der Waals surface area contributed by atoms with Crippen molar-refractivity contribution < 1.29 is 9.53 Å². The topological polar surface area (TPSA) is 77.0 Å². The van der Waals surface area contributed by atoms with E-state index in [1.807, 2.05) is 19.2 Å². The molecule has 0 unspecified atom stereocenters. The summed E-state index contributed by atoms with van der Waals surface area (Å²) >= 11 is 2.88. The third-order valence-corrected chi connectivity index (χ3v) is 4.99. The Bertz CT molecular complexity index is 827. The van der Waals surface area contributed by atoms with Gasteiger partial charge < -0.3 is 10.1 Å². The normalized spacial score (nSPS) is 10.9. The highest BCUT2D eigenvalue weighted by molar-refractivity contribution is 7.20. The number of thiazole rings is 1. The Kier molecular flexibility index (Phi) is 4.04. The number of thiophene rings is 1. The lowest BCUT2D eigenvalue weighted by Crippen LogP contribution is -2.04. The molecule has 0 aliphatic rings. The van der Waals surface area contributed by atoms with Gasteiger partial charge in [-0.15, -0.1) is 22.7 Å². The first-order valence-corrected chi connectivity index (χ1v) is 8.33. The number of hydrogen-bond donors (Lipinski definition) is 1. The van der Waals surface area contributed by atoms with Crippen molar-refractivity contribution in [3.63, 3.8) is 0 Å².